The first-order valence-electron chi connectivity index (χ1n) is 7.86. The molecule has 1 heterocycles. The van der Waals surface area contributed by atoms with E-state index in [0.717, 1.165) is 37.9 Å². The fraction of sp³-hybridized carbons (Fsp3) is 0.647. The Morgan fingerprint density at radius 1 is 1.33 bits per heavy atom. The van der Waals surface area contributed by atoms with Gasteiger partial charge < -0.3 is 14.8 Å². The summed E-state index contributed by atoms with van der Waals surface area (Å²) in [4.78, 5) is 2.56. The molecule has 0 saturated carbocycles. The van der Waals surface area contributed by atoms with Crippen molar-refractivity contribution in [3.05, 3.63) is 29.8 Å². The minimum absolute atomic E-state index is 0.751. The van der Waals surface area contributed by atoms with Crippen LogP contribution in [0.2, 0.25) is 0 Å². The number of hydrogen-bond acceptors (Lipinski definition) is 4. The van der Waals surface area contributed by atoms with E-state index in [1.54, 1.807) is 14.2 Å². The third kappa shape index (κ3) is 5.65. The third-order valence-corrected chi connectivity index (χ3v) is 4.06. The van der Waals surface area contributed by atoms with Gasteiger partial charge in [-0.25, -0.2) is 0 Å². The first-order chi connectivity index (χ1) is 10.3. The highest BCUT2D eigenvalue weighted by Gasteiger charge is 2.19. The first-order valence-corrected chi connectivity index (χ1v) is 7.86. The van der Waals surface area contributed by atoms with E-state index in [0.29, 0.717) is 0 Å². The van der Waals surface area contributed by atoms with Crippen LogP contribution in [0.1, 0.15) is 18.4 Å². The molecule has 0 spiro atoms. The molecule has 118 valence electrons. The molecule has 0 radical (unpaired) electrons. The normalized spacial score (nSPS) is 19.6. The van der Waals surface area contributed by atoms with E-state index >= 15 is 0 Å². The maximum atomic E-state index is 5.30. The molecular formula is C17H28N2O2. The van der Waals surface area contributed by atoms with Crippen molar-refractivity contribution in [3.8, 4) is 5.75 Å². The van der Waals surface area contributed by atoms with Crippen LogP contribution in [-0.4, -0.2) is 51.9 Å². The topological polar surface area (TPSA) is 33.7 Å². The average Bonchev–Trinajstić information content (AvgIpc) is 2.52. The fourth-order valence-corrected chi connectivity index (χ4v) is 2.97. The van der Waals surface area contributed by atoms with Crippen molar-refractivity contribution >= 4 is 0 Å². The monoisotopic (exact) mass is 292 g/mol. The molecule has 0 amide bonds. The Morgan fingerprint density at radius 2 is 2.24 bits per heavy atom. The second-order valence-corrected chi connectivity index (χ2v) is 5.79. The van der Waals surface area contributed by atoms with Crippen molar-refractivity contribution in [1.82, 2.24) is 10.2 Å². The van der Waals surface area contributed by atoms with Crippen LogP contribution in [0.15, 0.2) is 24.3 Å². The molecule has 1 aromatic carbocycles. The summed E-state index contributed by atoms with van der Waals surface area (Å²) in [6.07, 6.45) is 2.62. The van der Waals surface area contributed by atoms with Crippen molar-refractivity contribution in [2.24, 2.45) is 5.92 Å². The van der Waals surface area contributed by atoms with E-state index in [4.69, 9.17) is 9.47 Å². The lowest BCUT2D eigenvalue weighted by Crippen LogP contribution is -2.39. The Balaban J connectivity index is 1.77. The highest BCUT2D eigenvalue weighted by atomic mass is 16.5. The molecule has 1 aliphatic heterocycles. The minimum Gasteiger partial charge on any atom is -0.497 e. The maximum Gasteiger partial charge on any atom is 0.119 e. The van der Waals surface area contributed by atoms with E-state index in [-0.39, 0.29) is 0 Å². The highest BCUT2D eigenvalue weighted by Crippen LogP contribution is 2.20. The van der Waals surface area contributed by atoms with Crippen LogP contribution in [0.25, 0.3) is 0 Å². The standard InChI is InChI=1S/C17H28N2O2/c1-20-10-8-18-12-16-6-4-9-19(14-16)13-15-5-3-7-17(11-15)21-2/h3,5,7,11,16,18H,4,6,8-10,12-14H2,1-2H3. The van der Waals surface area contributed by atoms with Gasteiger partial charge in [-0.2, -0.15) is 0 Å². The Labute approximate surface area is 128 Å². The summed E-state index contributed by atoms with van der Waals surface area (Å²) in [5, 5.41) is 3.49. The van der Waals surface area contributed by atoms with Gasteiger partial charge in [-0.3, -0.25) is 4.90 Å². The molecule has 1 fully saturated rings. The fourth-order valence-electron chi connectivity index (χ4n) is 2.97. The van der Waals surface area contributed by atoms with Gasteiger partial charge >= 0.3 is 0 Å². The van der Waals surface area contributed by atoms with Crippen molar-refractivity contribution in [2.75, 3.05) is 47.0 Å². The van der Waals surface area contributed by atoms with Gasteiger partial charge in [0.15, 0.2) is 0 Å². The van der Waals surface area contributed by atoms with E-state index in [2.05, 4.69) is 28.4 Å². The maximum absolute atomic E-state index is 5.30. The van der Waals surface area contributed by atoms with Gasteiger partial charge in [0, 0.05) is 26.7 Å². The van der Waals surface area contributed by atoms with Crippen LogP contribution in [0.5, 0.6) is 5.75 Å². The molecule has 0 aliphatic carbocycles. The number of benzene rings is 1. The number of ether oxygens (including phenoxy) is 2. The van der Waals surface area contributed by atoms with Crippen LogP contribution < -0.4 is 10.1 Å². The second-order valence-electron chi connectivity index (χ2n) is 5.79. The summed E-state index contributed by atoms with van der Waals surface area (Å²) >= 11 is 0. The summed E-state index contributed by atoms with van der Waals surface area (Å²) in [6.45, 7) is 6.23. The molecule has 1 aliphatic rings. The molecule has 1 saturated heterocycles. The number of hydrogen-bond donors (Lipinski definition) is 1. The summed E-state index contributed by atoms with van der Waals surface area (Å²) in [5.74, 6) is 1.70. The molecule has 1 N–H and O–H groups in total. The minimum atomic E-state index is 0.751. The predicted molar refractivity (Wildman–Crippen MR) is 85.7 cm³/mol. The van der Waals surface area contributed by atoms with Gasteiger partial charge in [0.25, 0.3) is 0 Å². The summed E-state index contributed by atoms with van der Waals surface area (Å²) in [5.41, 5.74) is 1.34. The number of nitrogens with zero attached hydrogens (tertiary/aromatic N) is 1. The Bertz CT molecular complexity index is 412. The first kappa shape index (κ1) is 16.3. The molecular weight excluding hydrogens is 264 g/mol. The number of nitrogens with one attached hydrogen (secondary N) is 1. The lowest BCUT2D eigenvalue weighted by molar-refractivity contribution is 0.159. The van der Waals surface area contributed by atoms with Gasteiger partial charge in [-0.1, -0.05) is 12.1 Å². The van der Waals surface area contributed by atoms with Crippen LogP contribution in [0, 0.1) is 5.92 Å². The number of piperidine rings is 1. The van der Waals surface area contributed by atoms with E-state index in [1.807, 2.05) is 6.07 Å². The van der Waals surface area contributed by atoms with E-state index in [9.17, 15) is 0 Å². The Morgan fingerprint density at radius 3 is 3.05 bits per heavy atom. The molecule has 0 bridgehead atoms. The second kappa shape index (κ2) is 9.03. The van der Waals surface area contributed by atoms with Crippen molar-refractivity contribution in [3.63, 3.8) is 0 Å². The van der Waals surface area contributed by atoms with Gasteiger partial charge in [-0.05, 0) is 49.5 Å². The highest BCUT2D eigenvalue weighted by molar-refractivity contribution is 5.28. The summed E-state index contributed by atoms with van der Waals surface area (Å²) in [7, 11) is 3.47. The van der Waals surface area contributed by atoms with Crippen LogP contribution in [-0.2, 0) is 11.3 Å². The lowest BCUT2D eigenvalue weighted by atomic mass is 9.97. The van der Waals surface area contributed by atoms with Crippen LogP contribution in [0.3, 0.4) is 0 Å². The molecule has 0 aromatic heterocycles. The SMILES string of the molecule is COCCNCC1CCCN(Cc2cccc(OC)c2)C1. The van der Waals surface area contributed by atoms with E-state index < -0.39 is 0 Å². The van der Waals surface area contributed by atoms with Crippen LogP contribution >= 0.6 is 0 Å². The molecule has 1 unspecified atom stereocenters. The molecule has 1 aromatic rings. The average molecular weight is 292 g/mol. The van der Waals surface area contributed by atoms with Crippen molar-refractivity contribution in [1.29, 1.82) is 0 Å². The Hall–Kier alpha value is -1.10. The number of rotatable bonds is 8. The molecule has 4 nitrogen and oxygen atoms in total. The van der Waals surface area contributed by atoms with Crippen molar-refractivity contribution in [2.45, 2.75) is 19.4 Å². The number of methoxy groups -OCH3 is 2. The molecule has 21 heavy (non-hydrogen) atoms. The zero-order chi connectivity index (χ0) is 14.9. The van der Waals surface area contributed by atoms with Gasteiger partial charge in [0.2, 0.25) is 0 Å². The van der Waals surface area contributed by atoms with Crippen LogP contribution in [0.4, 0.5) is 0 Å². The summed E-state index contributed by atoms with van der Waals surface area (Å²) in [6, 6.07) is 8.40. The predicted octanol–water partition coefficient (Wildman–Crippen LogP) is 2.14. The van der Waals surface area contributed by atoms with E-state index in [1.165, 1.54) is 31.5 Å². The zero-order valence-corrected chi connectivity index (χ0v) is 13.3. The summed E-state index contributed by atoms with van der Waals surface area (Å²) < 4.78 is 10.4. The largest absolute Gasteiger partial charge is 0.497 e. The molecule has 2 rings (SSSR count). The molecule has 1 atom stereocenters. The number of likely N-dealkylation sites (tertiary alicyclic amines) is 1. The van der Waals surface area contributed by atoms with Crippen molar-refractivity contribution < 1.29 is 9.47 Å². The smallest absolute Gasteiger partial charge is 0.119 e. The van der Waals surface area contributed by atoms with Gasteiger partial charge in [0.05, 0.1) is 13.7 Å². The quantitative estimate of drug-likeness (QED) is 0.744. The lowest BCUT2D eigenvalue weighted by Gasteiger charge is -2.33. The van der Waals surface area contributed by atoms with Gasteiger partial charge in [-0.15, -0.1) is 0 Å². The Kier molecular flexibility index (Phi) is 7.00. The third-order valence-electron chi connectivity index (χ3n) is 4.06. The zero-order valence-electron chi connectivity index (χ0n) is 13.3. The van der Waals surface area contributed by atoms with Gasteiger partial charge in [0.1, 0.15) is 5.75 Å². The molecule has 4 heteroatoms.